The molecule has 8 nitrogen and oxygen atoms in total. The molecule has 2 heterocycles. The van der Waals surface area contributed by atoms with Gasteiger partial charge in [0, 0.05) is 50.7 Å². The summed E-state index contributed by atoms with van der Waals surface area (Å²) in [6.45, 7) is 8.85. The van der Waals surface area contributed by atoms with E-state index in [1.807, 2.05) is 6.92 Å². The maximum atomic E-state index is 11.2. The maximum Gasteiger partial charge on any atom is 0.307 e. The zero-order chi connectivity index (χ0) is 17.4. The number of ether oxygens (including phenoxy) is 1. The van der Waals surface area contributed by atoms with E-state index in [-0.39, 0.29) is 29.9 Å². The normalized spacial score (nSPS) is 14.9. The molecule has 1 aromatic heterocycles. The summed E-state index contributed by atoms with van der Waals surface area (Å²) in [6.07, 6.45) is 1.17. The van der Waals surface area contributed by atoms with Gasteiger partial charge in [-0.2, -0.15) is 4.37 Å². The molecule has 25 heavy (non-hydrogen) atoms. The lowest BCUT2D eigenvalue weighted by Crippen LogP contribution is -2.52. The molecule has 1 aromatic rings. The largest absolute Gasteiger partial charge is 0.469 e. The molecular formula is C15H27IN6O2S. The number of carbonyl (C=O) groups is 1. The highest BCUT2D eigenvalue weighted by Crippen LogP contribution is 2.19. The summed E-state index contributed by atoms with van der Waals surface area (Å²) in [7, 11) is 1.40. The minimum atomic E-state index is -0.234. The van der Waals surface area contributed by atoms with Crippen molar-refractivity contribution in [3.63, 3.8) is 0 Å². The van der Waals surface area contributed by atoms with Gasteiger partial charge >= 0.3 is 5.97 Å². The van der Waals surface area contributed by atoms with Gasteiger partial charge in [-0.3, -0.25) is 9.79 Å². The number of aryl methyl sites for hydroxylation is 1. The highest BCUT2D eigenvalue weighted by molar-refractivity contribution is 14.0. The Morgan fingerprint density at radius 2 is 2.04 bits per heavy atom. The fourth-order valence-corrected chi connectivity index (χ4v) is 3.21. The standard InChI is InChI=1S/C15H26N6O2S.HI/c1-4-12-18-15(24-19-12)21-10-8-20(9-11-21)14(16-5-2)17-7-6-13(22)23-3;/h4-11H2,1-3H3,(H,16,17);1H. The van der Waals surface area contributed by atoms with Crippen LogP contribution in [0, 0.1) is 0 Å². The van der Waals surface area contributed by atoms with Crippen molar-refractivity contribution in [1.29, 1.82) is 0 Å². The molecular weight excluding hydrogens is 455 g/mol. The molecule has 0 saturated carbocycles. The summed E-state index contributed by atoms with van der Waals surface area (Å²) in [5, 5.41) is 4.29. The van der Waals surface area contributed by atoms with Crippen molar-refractivity contribution in [3.8, 4) is 0 Å². The number of guanidine groups is 1. The van der Waals surface area contributed by atoms with Crippen molar-refractivity contribution in [2.75, 3.05) is 51.3 Å². The fourth-order valence-electron chi connectivity index (χ4n) is 2.41. The Hall–Kier alpha value is -1.17. The first-order valence-electron chi connectivity index (χ1n) is 8.35. The number of anilines is 1. The number of aliphatic imine (C=N–C) groups is 1. The number of rotatable bonds is 6. The van der Waals surface area contributed by atoms with Crippen LogP contribution in [0.1, 0.15) is 26.1 Å². The van der Waals surface area contributed by atoms with Crippen LogP contribution in [0.15, 0.2) is 4.99 Å². The van der Waals surface area contributed by atoms with E-state index in [0.29, 0.717) is 13.0 Å². The molecule has 142 valence electrons. The molecule has 1 aliphatic rings. The van der Waals surface area contributed by atoms with Gasteiger partial charge in [-0.15, -0.1) is 24.0 Å². The fraction of sp³-hybridized carbons (Fsp3) is 0.733. The molecule has 1 fully saturated rings. The van der Waals surface area contributed by atoms with E-state index < -0.39 is 0 Å². The van der Waals surface area contributed by atoms with Crippen molar-refractivity contribution in [2.45, 2.75) is 26.7 Å². The van der Waals surface area contributed by atoms with Crippen LogP contribution < -0.4 is 10.2 Å². The topological polar surface area (TPSA) is 83.0 Å². The monoisotopic (exact) mass is 482 g/mol. The zero-order valence-corrected chi connectivity index (χ0v) is 18.2. The number of methoxy groups -OCH3 is 1. The maximum absolute atomic E-state index is 11.2. The van der Waals surface area contributed by atoms with Crippen LogP contribution in [-0.2, 0) is 16.0 Å². The third-order valence-corrected chi connectivity index (χ3v) is 4.58. The van der Waals surface area contributed by atoms with Crippen molar-refractivity contribution >= 4 is 52.6 Å². The molecule has 10 heteroatoms. The number of piperazine rings is 1. The van der Waals surface area contributed by atoms with Crippen LogP contribution in [0.4, 0.5) is 5.13 Å². The summed E-state index contributed by atoms with van der Waals surface area (Å²) < 4.78 is 9.01. The molecule has 0 bridgehead atoms. The van der Waals surface area contributed by atoms with Crippen LogP contribution in [0.2, 0.25) is 0 Å². The first-order chi connectivity index (χ1) is 11.7. The predicted molar refractivity (Wildman–Crippen MR) is 111 cm³/mol. The second-order valence-electron chi connectivity index (χ2n) is 5.38. The molecule has 0 aromatic carbocycles. The quantitative estimate of drug-likeness (QED) is 0.284. The average molecular weight is 482 g/mol. The van der Waals surface area contributed by atoms with Crippen LogP contribution in [0.5, 0.6) is 0 Å². The number of aromatic nitrogens is 2. The van der Waals surface area contributed by atoms with E-state index >= 15 is 0 Å². The van der Waals surface area contributed by atoms with E-state index in [1.54, 1.807) is 0 Å². The Morgan fingerprint density at radius 1 is 1.32 bits per heavy atom. The molecule has 0 radical (unpaired) electrons. The number of nitrogens with zero attached hydrogens (tertiary/aromatic N) is 5. The lowest BCUT2D eigenvalue weighted by atomic mass is 10.3. The molecule has 1 saturated heterocycles. The Morgan fingerprint density at radius 3 is 2.60 bits per heavy atom. The second kappa shape index (κ2) is 11.4. The average Bonchev–Trinajstić information content (AvgIpc) is 3.10. The van der Waals surface area contributed by atoms with Gasteiger partial charge in [0.1, 0.15) is 5.82 Å². The van der Waals surface area contributed by atoms with Crippen molar-refractivity contribution in [3.05, 3.63) is 5.82 Å². The van der Waals surface area contributed by atoms with Crippen molar-refractivity contribution in [1.82, 2.24) is 19.6 Å². The van der Waals surface area contributed by atoms with Crippen molar-refractivity contribution in [2.24, 2.45) is 4.99 Å². The SMILES string of the molecule is CCNC(=NCCC(=O)OC)N1CCN(c2nc(CC)ns2)CC1.I. The minimum Gasteiger partial charge on any atom is -0.469 e. The molecule has 0 spiro atoms. The summed E-state index contributed by atoms with van der Waals surface area (Å²) in [6, 6.07) is 0. The first-order valence-corrected chi connectivity index (χ1v) is 9.12. The van der Waals surface area contributed by atoms with E-state index in [0.717, 1.165) is 56.1 Å². The third-order valence-electron chi connectivity index (χ3n) is 3.76. The summed E-state index contributed by atoms with van der Waals surface area (Å²) in [4.78, 5) is 24.8. The molecule has 1 aliphatic heterocycles. The Balaban J connectivity index is 0.00000312. The van der Waals surface area contributed by atoms with Gasteiger partial charge in [-0.1, -0.05) is 6.92 Å². The number of halogens is 1. The molecule has 1 N–H and O–H groups in total. The van der Waals surface area contributed by atoms with Gasteiger partial charge in [0.2, 0.25) is 5.13 Å². The number of esters is 1. The highest BCUT2D eigenvalue weighted by atomic mass is 127. The van der Waals surface area contributed by atoms with Gasteiger partial charge in [0.15, 0.2) is 5.96 Å². The molecule has 0 unspecified atom stereocenters. The Bertz CT molecular complexity index is 560. The molecule has 2 rings (SSSR count). The van der Waals surface area contributed by atoms with Crippen LogP contribution in [0.25, 0.3) is 0 Å². The number of hydrogen-bond donors (Lipinski definition) is 1. The van der Waals surface area contributed by atoms with E-state index in [9.17, 15) is 4.79 Å². The zero-order valence-electron chi connectivity index (χ0n) is 15.0. The van der Waals surface area contributed by atoms with Gasteiger partial charge in [0.25, 0.3) is 0 Å². The highest BCUT2D eigenvalue weighted by Gasteiger charge is 2.22. The lowest BCUT2D eigenvalue weighted by molar-refractivity contribution is -0.140. The molecule has 0 aliphatic carbocycles. The van der Waals surface area contributed by atoms with Crippen molar-refractivity contribution < 1.29 is 9.53 Å². The van der Waals surface area contributed by atoms with Gasteiger partial charge in [-0.25, -0.2) is 4.98 Å². The Labute approximate surface area is 170 Å². The van der Waals surface area contributed by atoms with Gasteiger partial charge in [0.05, 0.1) is 20.1 Å². The predicted octanol–water partition coefficient (Wildman–Crippen LogP) is 1.37. The Kier molecular flexibility index (Phi) is 10.0. The summed E-state index contributed by atoms with van der Waals surface area (Å²) >= 11 is 1.47. The van der Waals surface area contributed by atoms with E-state index in [4.69, 9.17) is 0 Å². The smallest absolute Gasteiger partial charge is 0.307 e. The molecule has 0 amide bonds. The van der Waals surface area contributed by atoms with E-state index in [1.165, 1.54) is 18.6 Å². The first kappa shape index (κ1) is 21.9. The summed E-state index contributed by atoms with van der Waals surface area (Å²) in [5.74, 6) is 1.53. The minimum absolute atomic E-state index is 0. The molecule has 0 atom stereocenters. The summed E-state index contributed by atoms with van der Waals surface area (Å²) in [5.41, 5.74) is 0. The van der Waals surface area contributed by atoms with Gasteiger partial charge in [-0.05, 0) is 6.92 Å². The second-order valence-corrected chi connectivity index (χ2v) is 6.11. The van der Waals surface area contributed by atoms with Crippen LogP contribution in [0.3, 0.4) is 0 Å². The number of hydrogen-bond acceptors (Lipinski definition) is 7. The van der Waals surface area contributed by atoms with Crippen LogP contribution >= 0.6 is 35.5 Å². The van der Waals surface area contributed by atoms with Gasteiger partial charge < -0.3 is 19.9 Å². The van der Waals surface area contributed by atoms with Crippen LogP contribution in [-0.4, -0.2) is 72.6 Å². The third kappa shape index (κ3) is 6.57. The number of carbonyl (C=O) groups excluding carboxylic acids is 1. The van der Waals surface area contributed by atoms with E-state index in [2.05, 4.69) is 41.1 Å². The lowest BCUT2D eigenvalue weighted by Gasteiger charge is -2.36. The number of nitrogens with one attached hydrogen (secondary N) is 1.